The summed E-state index contributed by atoms with van der Waals surface area (Å²) in [5, 5.41) is 14.2. The number of methoxy groups -OCH3 is 1. The van der Waals surface area contributed by atoms with Crippen molar-refractivity contribution in [1.82, 2.24) is 20.1 Å². The highest BCUT2D eigenvalue weighted by molar-refractivity contribution is 5.96. The van der Waals surface area contributed by atoms with Crippen molar-refractivity contribution in [2.24, 2.45) is 0 Å². The van der Waals surface area contributed by atoms with Gasteiger partial charge in [-0.05, 0) is 44.2 Å². The molecule has 1 aromatic rings. The van der Waals surface area contributed by atoms with Gasteiger partial charge in [0.2, 0.25) is 11.8 Å². The number of hydrogen-bond donors (Lipinski definition) is 2. The zero-order chi connectivity index (χ0) is 20.9. The number of hydrogen-bond acceptors (Lipinski definition) is 6. The molecule has 1 aromatic heterocycles. The molecule has 2 N–H and O–H groups in total. The van der Waals surface area contributed by atoms with Gasteiger partial charge in [-0.2, -0.15) is 0 Å². The number of carbonyl (C=O) groups is 2. The largest absolute Gasteiger partial charge is 0.480 e. The molecule has 0 saturated carbocycles. The minimum atomic E-state index is -0.797. The molecule has 2 amide bonds. The molecule has 1 atom stereocenters. The van der Waals surface area contributed by atoms with E-state index in [1.165, 1.54) is 7.11 Å². The van der Waals surface area contributed by atoms with Gasteiger partial charge in [-0.1, -0.05) is 0 Å². The number of amides is 2. The van der Waals surface area contributed by atoms with Crippen molar-refractivity contribution in [3.8, 4) is 5.88 Å². The number of likely N-dealkylation sites (tertiary alicyclic amines) is 2. The van der Waals surface area contributed by atoms with E-state index < -0.39 is 5.60 Å². The quantitative estimate of drug-likeness (QED) is 0.762. The van der Waals surface area contributed by atoms with Crippen LogP contribution in [0.25, 0.3) is 0 Å². The first-order chi connectivity index (χ1) is 13.9. The second-order valence-corrected chi connectivity index (χ2v) is 8.18. The van der Waals surface area contributed by atoms with E-state index in [0.29, 0.717) is 43.9 Å². The van der Waals surface area contributed by atoms with Gasteiger partial charge in [-0.25, -0.2) is 4.98 Å². The van der Waals surface area contributed by atoms with Crippen molar-refractivity contribution in [3.63, 3.8) is 0 Å². The topological polar surface area (TPSA) is 95.0 Å². The SMILES string of the molecule is COc1ncccc1C(=O)N1CCC[C@@](O)(CN2CCC(NC(C)=O)CC2)CC1. The molecule has 0 radical (unpaired) electrons. The summed E-state index contributed by atoms with van der Waals surface area (Å²) in [6.45, 7) is 5.01. The van der Waals surface area contributed by atoms with Crippen LogP contribution in [-0.2, 0) is 4.79 Å². The first kappa shape index (κ1) is 21.5. The molecule has 8 heteroatoms. The Kier molecular flexibility index (Phi) is 7.08. The fourth-order valence-electron chi connectivity index (χ4n) is 4.37. The summed E-state index contributed by atoms with van der Waals surface area (Å²) in [7, 11) is 1.51. The fourth-order valence-corrected chi connectivity index (χ4v) is 4.37. The van der Waals surface area contributed by atoms with Crippen molar-refractivity contribution in [1.29, 1.82) is 0 Å². The van der Waals surface area contributed by atoms with E-state index in [4.69, 9.17) is 4.74 Å². The number of aliphatic hydroxyl groups is 1. The molecule has 2 aliphatic heterocycles. The summed E-state index contributed by atoms with van der Waals surface area (Å²) in [4.78, 5) is 32.3. The number of rotatable bonds is 5. The lowest BCUT2D eigenvalue weighted by molar-refractivity contribution is -0.120. The number of piperidine rings is 1. The monoisotopic (exact) mass is 404 g/mol. The van der Waals surface area contributed by atoms with Crippen molar-refractivity contribution >= 4 is 11.8 Å². The molecule has 160 valence electrons. The van der Waals surface area contributed by atoms with Crippen LogP contribution in [0.4, 0.5) is 0 Å². The standard InChI is InChI=1S/C21H32N4O4/c1-16(26)23-17-6-12-24(13-7-17)15-21(28)8-4-11-25(14-9-21)20(27)18-5-3-10-22-19(18)29-2/h3,5,10,17,28H,4,6-9,11-15H2,1-2H3,(H,23,26)/t21-/m0/s1. The van der Waals surface area contributed by atoms with E-state index in [-0.39, 0.29) is 17.9 Å². The molecule has 0 bridgehead atoms. The van der Waals surface area contributed by atoms with E-state index in [9.17, 15) is 14.7 Å². The highest BCUT2D eigenvalue weighted by Gasteiger charge is 2.35. The van der Waals surface area contributed by atoms with Gasteiger partial charge in [0.15, 0.2) is 0 Å². The average Bonchev–Trinajstić information content (AvgIpc) is 2.90. The molecule has 0 unspecified atom stereocenters. The Morgan fingerprint density at radius 3 is 2.72 bits per heavy atom. The average molecular weight is 405 g/mol. The lowest BCUT2D eigenvalue weighted by Gasteiger charge is -2.38. The summed E-state index contributed by atoms with van der Waals surface area (Å²) >= 11 is 0. The Morgan fingerprint density at radius 1 is 1.28 bits per heavy atom. The molecular formula is C21H32N4O4. The first-order valence-electron chi connectivity index (χ1n) is 10.4. The summed E-state index contributed by atoms with van der Waals surface area (Å²) in [5.41, 5.74) is -0.338. The van der Waals surface area contributed by atoms with Crippen molar-refractivity contribution in [3.05, 3.63) is 23.9 Å². The van der Waals surface area contributed by atoms with Gasteiger partial charge in [0.25, 0.3) is 5.91 Å². The summed E-state index contributed by atoms with van der Waals surface area (Å²) in [5.74, 6) is 0.246. The second-order valence-electron chi connectivity index (χ2n) is 8.18. The zero-order valence-electron chi connectivity index (χ0n) is 17.4. The van der Waals surface area contributed by atoms with Gasteiger partial charge in [-0.15, -0.1) is 0 Å². The van der Waals surface area contributed by atoms with E-state index in [2.05, 4.69) is 15.2 Å². The molecule has 3 heterocycles. The van der Waals surface area contributed by atoms with Crippen LogP contribution >= 0.6 is 0 Å². The Hall–Kier alpha value is -2.19. The minimum Gasteiger partial charge on any atom is -0.480 e. The summed E-state index contributed by atoms with van der Waals surface area (Å²) < 4.78 is 5.22. The lowest BCUT2D eigenvalue weighted by Crippen LogP contribution is -2.50. The predicted octanol–water partition coefficient (Wildman–Crippen LogP) is 1.05. The van der Waals surface area contributed by atoms with Crippen LogP contribution in [0.2, 0.25) is 0 Å². The maximum atomic E-state index is 12.9. The minimum absolute atomic E-state index is 0.0147. The fraction of sp³-hybridized carbons (Fsp3) is 0.667. The Bertz CT molecular complexity index is 720. The highest BCUT2D eigenvalue weighted by atomic mass is 16.5. The van der Waals surface area contributed by atoms with Crippen LogP contribution in [0.15, 0.2) is 18.3 Å². The van der Waals surface area contributed by atoms with Crippen molar-refractivity contribution in [2.75, 3.05) is 39.8 Å². The molecule has 8 nitrogen and oxygen atoms in total. The van der Waals surface area contributed by atoms with Crippen LogP contribution in [0.3, 0.4) is 0 Å². The van der Waals surface area contributed by atoms with Gasteiger partial charge in [0, 0.05) is 51.9 Å². The van der Waals surface area contributed by atoms with Crippen LogP contribution in [0.5, 0.6) is 5.88 Å². The predicted molar refractivity (Wildman–Crippen MR) is 109 cm³/mol. The number of pyridine rings is 1. The molecule has 2 aliphatic rings. The van der Waals surface area contributed by atoms with Gasteiger partial charge in [0.1, 0.15) is 5.56 Å². The zero-order valence-corrected chi connectivity index (χ0v) is 17.4. The van der Waals surface area contributed by atoms with Gasteiger partial charge < -0.3 is 25.0 Å². The number of β-amino-alcohol motifs (C(OH)–C–C–N with tert-alkyl or cyclic N) is 1. The third-order valence-corrected chi connectivity index (χ3v) is 5.91. The third kappa shape index (κ3) is 5.67. The van der Waals surface area contributed by atoms with Crippen molar-refractivity contribution in [2.45, 2.75) is 50.7 Å². The van der Waals surface area contributed by atoms with E-state index in [1.54, 1.807) is 30.2 Å². The molecule has 2 fully saturated rings. The van der Waals surface area contributed by atoms with E-state index >= 15 is 0 Å². The number of ether oxygens (including phenoxy) is 1. The Morgan fingerprint density at radius 2 is 2.03 bits per heavy atom. The molecule has 3 rings (SSSR count). The van der Waals surface area contributed by atoms with E-state index in [0.717, 1.165) is 32.4 Å². The molecular weight excluding hydrogens is 372 g/mol. The lowest BCUT2D eigenvalue weighted by atomic mass is 9.93. The van der Waals surface area contributed by atoms with Gasteiger partial charge in [0.05, 0.1) is 12.7 Å². The molecule has 2 saturated heterocycles. The van der Waals surface area contributed by atoms with E-state index in [1.807, 2.05) is 0 Å². The number of nitrogens with zero attached hydrogens (tertiary/aromatic N) is 3. The third-order valence-electron chi connectivity index (χ3n) is 5.91. The molecule has 0 aliphatic carbocycles. The Balaban J connectivity index is 1.55. The first-order valence-corrected chi connectivity index (χ1v) is 10.4. The van der Waals surface area contributed by atoms with Gasteiger partial charge >= 0.3 is 0 Å². The number of carbonyl (C=O) groups excluding carboxylic acids is 2. The second kappa shape index (κ2) is 9.54. The normalized spacial score (nSPS) is 24.0. The molecule has 0 spiro atoms. The van der Waals surface area contributed by atoms with Crippen LogP contribution < -0.4 is 10.1 Å². The maximum absolute atomic E-state index is 12.9. The van der Waals surface area contributed by atoms with Crippen molar-refractivity contribution < 1.29 is 19.4 Å². The van der Waals surface area contributed by atoms with Crippen LogP contribution in [0, 0.1) is 0 Å². The smallest absolute Gasteiger partial charge is 0.259 e. The summed E-state index contributed by atoms with van der Waals surface area (Å²) in [6.07, 6.45) is 5.39. The van der Waals surface area contributed by atoms with Crippen LogP contribution in [-0.4, -0.2) is 83.2 Å². The van der Waals surface area contributed by atoms with Crippen LogP contribution in [0.1, 0.15) is 49.4 Å². The number of nitrogens with one attached hydrogen (secondary N) is 1. The molecule has 0 aromatic carbocycles. The Labute approximate surface area is 172 Å². The highest BCUT2D eigenvalue weighted by Crippen LogP contribution is 2.27. The van der Waals surface area contributed by atoms with Gasteiger partial charge in [-0.3, -0.25) is 9.59 Å². The molecule has 29 heavy (non-hydrogen) atoms. The number of aromatic nitrogens is 1. The summed E-state index contributed by atoms with van der Waals surface area (Å²) in [6, 6.07) is 3.69. The maximum Gasteiger partial charge on any atom is 0.259 e.